The zero-order chi connectivity index (χ0) is 24.5. The second-order valence-electron chi connectivity index (χ2n) is 7.92. The Morgan fingerprint density at radius 2 is 1.83 bits per heavy atom. The summed E-state index contributed by atoms with van der Waals surface area (Å²) >= 11 is 6.42. The number of methoxy groups -OCH3 is 1. The maximum absolute atomic E-state index is 12.2. The van der Waals surface area contributed by atoms with Crippen LogP contribution in [0, 0.1) is 0 Å². The Morgan fingerprint density at radius 1 is 1.06 bits per heavy atom. The van der Waals surface area contributed by atoms with Gasteiger partial charge in [-0.3, -0.25) is 4.79 Å². The average Bonchev–Trinajstić information content (AvgIpc) is 3.55. The molecule has 0 atom stereocenters. The number of halogens is 1. The van der Waals surface area contributed by atoms with Gasteiger partial charge in [-0.1, -0.05) is 35.9 Å². The number of aromatic nitrogens is 6. The lowest BCUT2D eigenvalue weighted by atomic mass is 10.0. The monoisotopic (exact) mass is 488 g/mol. The first-order valence-corrected chi connectivity index (χ1v) is 11.0. The molecule has 0 fully saturated rings. The molecule has 5 aromatic rings. The van der Waals surface area contributed by atoms with Gasteiger partial charge in [-0.05, 0) is 23.8 Å². The number of anilines is 2. The van der Waals surface area contributed by atoms with Gasteiger partial charge in [0, 0.05) is 37.0 Å². The standard InChI is InChI=1S/C24H21ClN8O2/c1-33(2)23(34)15-8-9-18(17(25)10-15)29-24-30-21-19(22(31-24)35-3)16(11-26-21)13-4-6-14(7-5-13)20-27-12-28-32-20/h4-12H,1-3H3,(H,27,28,32)(H2,26,29,30,31). The summed E-state index contributed by atoms with van der Waals surface area (Å²) in [5.41, 5.74) is 4.45. The molecule has 0 saturated carbocycles. The third kappa shape index (κ3) is 4.26. The van der Waals surface area contributed by atoms with Gasteiger partial charge in [0.1, 0.15) is 12.0 Å². The van der Waals surface area contributed by atoms with Gasteiger partial charge in [0.2, 0.25) is 11.8 Å². The van der Waals surface area contributed by atoms with Crippen LogP contribution in [-0.4, -0.2) is 62.1 Å². The van der Waals surface area contributed by atoms with E-state index in [4.69, 9.17) is 16.3 Å². The Morgan fingerprint density at radius 3 is 2.49 bits per heavy atom. The van der Waals surface area contributed by atoms with Gasteiger partial charge in [-0.15, -0.1) is 10.2 Å². The number of carbonyl (C=O) groups is 1. The fraction of sp³-hybridized carbons (Fsp3) is 0.125. The predicted molar refractivity (Wildman–Crippen MR) is 134 cm³/mol. The highest BCUT2D eigenvalue weighted by Crippen LogP contribution is 2.36. The van der Waals surface area contributed by atoms with Gasteiger partial charge in [-0.2, -0.15) is 9.97 Å². The van der Waals surface area contributed by atoms with Crippen molar-refractivity contribution in [1.82, 2.24) is 35.0 Å². The van der Waals surface area contributed by atoms with Crippen LogP contribution in [0.5, 0.6) is 5.88 Å². The van der Waals surface area contributed by atoms with Gasteiger partial charge in [0.25, 0.3) is 5.91 Å². The fourth-order valence-electron chi connectivity index (χ4n) is 3.71. The van der Waals surface area contributed by atoms with Crippen molar-refractivity contribution in [2.24, 2.45) is 0 Å². The fourth-order valence-corrected chi connectivity index (χ4v) is 3.94. The third-order valence-electron chi connectivity index (χ3n) is 5.45. The molecule has 10 nitrogen and oxygen atoms in total. The minimum Gasteiger partial charge on any atom is -0.480 e. The smallest absolute Gasteiger partial charge is 0.253 e. The molecule has 0 aliphatic heterocycles. The van der Waals surface area contributed by atoms with Gasteiger partial charge < -0.3 is 24.9 Å². The Hall–Kier alpha value is -4.44. The Labute approximate surface area is 205 Å². The lowest BCUT2D eigenvalue weighted by Crippen LogP contribution is -2.21. The summed E-state index contributed by atoms with van der Waals surface area (Å²) in [5, 5.41) is 12.1. The highest BCUT2D eigenvalue weighted by Gasteiger charge is 2.17. The van der Waals surface area contributed by atoms with Crippen LogP contribution in [0.15, 0.2) is 55.0 Å². The van der Waals surface area contributed by atoms with Crippen molar-refractivity contribution in [2.75, 3.05) is 26.5 Å². The topological polar surface area (TPSA) is 125 Å². The van der Waals surface area contributed by atoms with E-state index in [0.717, 1.165) is 22.1 Å². The van der Waals surface area contributed by atoms with E-state index in [9.17, 15) is 4.79 Å². The molecule has 176 valence electrons. The maximum atomic E-state index is 12.2. The van der Waals surface area contributed by atoms with Crippen LogP contribution in [0.1, 0.15) is 10.4 Å². The molecule has 0 radical (unpaired) electrons. The van der Waals surface area contributed by atoms with Crippen LogP contribution in [0.25, 0.3) is 33.5 Å². The highest BCUT2D eigenvalue weighted by molar-refractivity contribution is 6.33. The van der Waals surface area contributed by atoms with Crippen LogP contribution >= 0.6 is 11.6 Å². The van der Waals surface area contributed by atoms with E-state index in [1.54, 1.807) is 45.7 Å². The molecule has 0 spiro atoms. The number of nitrogens with zero attached hydrogens (tertiary/aromatic N) is 5. The number of hydrogen-bond acceptors (Lipinski definition) is 7. The number of amides is 1. The molecular formula is C24H21ClN8O2. The van der Waals surface area contributed by atoms with Crippen molar-refractivity contribution in [3.8, 4) is 28.4 Å². The normalized spacial score (nSPS) is 11.0. The van der Waals surface area contributed by atoms with E-state index in [1.165, 1.54) is 4.90 Å². The van der Waals surface area contributed by atoms with Crippen LogP contribution < -0.4 is 10.1 Å². The number of fused-ring (bicyclic) bond motifs is 1. The number of aromatic amines is 2. The van der Waals surface area contributed by atoms with E-state index >= 15 is 0 Å². The minimum atomic E-state index is -0.134. The number of ether oxygens (including phenoxy) is 1. The van der Waals surface area contributed by atoms with E-state index in [1.807, 2.05) is 30.5 Å². The zero-order valence-electron chi connectivity index (χ0n) is 19.1. The lowest BCUT2D eigenvalue weighted by Gasteiger charge is -2.13. The first-order chi connectivity index (χ1) is 16.9. The maximum Gasteiger partial charge on any atom is 0.253 e. The largest absolute Gasteiger partial charge is 0.480 e. The van der Waals surface area contributed by atoms with E-state index in [-0.39, 0.29) is 5.91 Å². The first-order valence-electron chi connectivity index (χ1n) is 10.6. The predicted octanol–water partition coefficient (Wildman–Crippen LogP) is 4.52. The van der Waals surface area contributed by atoms with Crippen molar-refractivity contribution < 1.29 is 9.53 Å². The van der Waals surface area contributed by atoms with Crippen LogP contribution in [0.4, 0.5) is 11.6 Å². The van der Waals surface area contributed by atoms with Crippen molar-refractivity contribution in [3.05, 3.63) is 65.6 Å². The highest BCUT2D eigenvalue weighted by atomic mass is 35.5. The van der Waals surface area contributed by atoms with Crippen molar-refractivity contribution >= 4 is 40.2 Å². The van der Waals surface area contributed by atoms with Gasteiger partial charge in [0.05, 0.1) is 23.2 Å². The molecule has 0 aliphatic carbocycles. The number of nitrogens with one attached hydrogen (secondary N) is 3. The molecule has 11 heteroatoms. The molecular weight excluding hydrogens is 468 g/mol. The summed E-state index contributed by atoms with van der Waals surface area (Å²) in [6.45, 7) is 0. The first kappa shape index (κ1) is 22.4. The van der Waals surface area contributed by atoms with Crippen molar-refractivity contribution in [2.45, 2.75) is 0 Å². The summed E-state index contributed by atoms with van der Waals surface area (Å²) in [6, 6.07) is 12.9. The molecule has 0 saturated heterocycles. The van der Waals surface area contributed by atoms with Crippen molar-refractivity contribution in [1.29, 1.82) is 0 Å². The van der Waals surface area contributed by atoms with Gasteiger partial charge >= 0.3 is 0 Å². The van der Waals surface area contributed by atoms with Crippen LogP contribution in [0.3, 0.4) is 0 Å². The number of carbonyl (C=O) groups excluding carboxylic acids is 1. The summed E-state index contributed by atoms with van der Waals surface area (Å²) in [6.07, 6.45) is 3.41. The molecule has 0 bridgehead atoms. The lowest BCUT2D eigenvalue weighted by molar-refractivity contribution is 0.0827. The SMILES string of the molecule is COc1nc(Nc2ccc(C(=O)N(C)C)cc2Cl)nc2[nH]cc(-c3ccc(-c4nnc[nH]4)cc3)c12. The second-order valence-corrected chi connectivity index (χ2v) is 8.32. The Balaban J connectivity index is 1.46. The molecule has 3 heterocycles. The van der Waals surface area contributed by atoms with Crippen LogP contribution in [-0.2, 0) is 0 Å². The average molecular weight is 489 g/mol. The van der Waals surface area contributed by atoms with E-state index in [2.05, 4.69) is 35.5 Å². The molecule has 3 aromatic heterocycles. The summed E-state index contributed by atoms with van der Waals surface area (Å²) < 4.78 is 5.60. The number of rotatable bonds is 6. The molecule has 0 aliphatic rings. The summed E-state index contributed by atoms with van der Waals surface area (Å²) in [5.74, 6) is 1.27. The minimum absolute atomic E-state index is 0.134. The van der Waals surface area contributed by atoms with E-state index < -0.39 is 0 Å². The van der Waals surface area contributed by atoms with Gasteiger partial charge in [0.15, 0.2) is 5.82 Å². The van der Waals surface area contributed by atoms with Crippen LogP contribution in [0.2, 0.25) is 5.02 Å². The zero-order valence-corrected chi connectivity index (χ0v) is 19.9. The Bertz CT molecular complexity index is 1510. The number of H-pyrrole nitrogens is 2. The summed E-state index contributed by atoms with van der Waals surface area (Å²) in [7, 11) is 4.94. The van der Waals surface area contributed by atoms with Gasteiger partial charge in [-0.25, -0.2) is 0 Å². The molecule has 2 aromatic carbocycles. The molecule has 0 unspecified atom stereocenters. The second kappa shape index (κ2) is 9.07. The molecule has 35 heavy (non-hydrogen) atoms. The third-order valence-corrected chi connectivity index (χ3v) is 5.76. The van der Waals surface area contributed by atoms with Crippen molar-refractivity contribution in [3.63, 3.8) is 0 Å². The summed E-state index contributed by atoms with van der Waals surface area (Å²) in [4.78, 5) is 29.0. The number of benzene rings is 2. The van der Waals surface area contributed by atoms with E-state index in [0.29, 0.717) is 39.6 Å². The molecule has 3 N–H and O–H groups in total. The molecule has 1 amide bonds. The quantitative estimate of drug-likeness (QED) is 0.321. The number of hydrogen-bond donors (Lipinski definition) is 3. The molecule has 5 rings (SSSR count). The Kier molecular flexibility index (Phi) is 5.79.